The number of aryl methyl sites for hydroxylation is 1. The summed E-state index contributed by atoms with van der Waals surface area (Å²) in [5.74, 6) is 0.808. The maximum absolute atomic E-state index is 13.4. The minimum atomic E-state index is -0.252. The summed E-state index contributed by atoms with van der Waals surface area (Å²) >= 11 is 0. The number of carbonyl (C=O) groups is 1. The summed E-state index contributed by atoms with van der Waals surface area (Å²) < 4.78 is 25.9. The van der Waals surface area contributed by atoms with E-state index in [1.807, 2.05) is 19.1 Å². The quantitative estimate of drug-likeness (QED) is 0.630. The van der Waals surface area contributed by atoms with Crippen LogP contribution in [0.4, 0.5) is 4.39 Å². The highest BCUT2D eigenvalue weighted by Crippen LogP contribution is 2.28. The molecule has 28 heavy (non-hydrogen) atoms. The fraction of sp³-hybridized carbons (Fsp3) is 0.227. The number of halogens is 1. The van der Waals surface area contributed by atoms with Crippen LogP contribution in [0.2, 0.25) is 0 Å². The lowest BCUT2D eigenvalue weighted by atomic mass is 10.2. The summed E-state index contributed by atoms with van der Waals surface area (Å²) in [5.41, 5.74) is 2.81. The van der Waals surface area contributed by atoms with Crippen molar-refractivity contribution >= 4 is 22.9 Å². The molecule has 0 saturated heterocycles. The fourth-order valence-corrected chi connectivity index (χ4v) is 3.15. The standard InChI is InChI=1S/C22H23FN2O3/c1-15-12-17-14-18(23)6-7-19(17)25(15)11-10-24-22(26)9-5-16-4-8-20(27-2)21(13-16)28-3/h4-9,12-14H,10-11H2,1-3H3,(H,24,26). The van der Waals surface area contributed by atoms with Crippen molar-refractivity contribution in [1.29, 1.82) is 0 Å². The van der Waals surface area contributed by atoms with E-state index in [4.69, 9.17) is 9.47 Å². The van der Waals surface area contributed by atoms with Crippen molar-refractivity contribution < 1.29 is 18.7 Å². The molecule has 3 aromatic rings. The van der Waals surface area contributed by atoms with Gasteiger partial charge in [-0.1, -0.05) is 6.07 Å². The molecule has 0 unspecified atom stereocenters. The van der Waals surface area contributed by atoms with Crippen molar-refractivity contribution in [3.8, 4) is 11.5 Å². The zero-order valence-corrected chi connectivity index (χ0v) is 16.2. The molecule has 1 N–H and O–H groups in total. The van der Waals surface area contributed by atoms with Crippen LogP contribution in [0.3, 0.4) is 0 Å². The molecule has 0 aliphatic rings. The van der Waals surface area contributed by atoms with Crippen molar-refractivity contribution in [2.45, 2.75) is 13.5 Å². The number of ether oxygens (including phenoxy) is 2. The Balaban J connectivity index is 1.59. The number of benzene rings is 2. The largest absolute Gasteiger partial charge is 0.493 e. The lowest BCUT2D eigenvalue weighted by Crippen LogP contribution is -2.25. The number of hydrogen-bond acceptors (Lipinski definition) is 3. The van der Waals surface area contributed by atoms with Crippen molar-refractivity contribution in [2.24, 2.45) is 0 Å². The number of methoxy groups -OCH3 is 2. The monoisotopic (exact) mass is 382 g/mol. The molecular weight excluding hydrogens is 359 g/mol. The first-order valence-electron chi connectivity index (χ1n) is 8.95. The van der Waals surface area contributed by atoms with Crippen LogP contribution in [0.1, 0.15) is 11.3 Å². The Kier molecular flexibility index (Phi) is 5.99. The van der Waals surface area contributed by atoms with Crippen LogP contribution in [-0.4, -0.2) is 31.2 Å². The molecule has 146 valence electrons. The van der Waals surface area contributed by atoms with E-state index in [2.05, 4.69) is 9.88 Å². The Bertz CT molecular complexity index is 1020. The summed E-state index contributed by atoms with van der Waals surface area (Å²) in [6.45, 7) is 3.05. The van der Waals surface area contributed by atoms with Gasteiger partial charge in [-0.25, -0.2) is 4.39 Å². The first-order valence-corrected chi connectivity index (χ1v) is 8.95. The van der Waals surface area contributed by atoms with Gasteiger partial charge in [0.05, 0.1) is 14.2 Å². The van der Waals surface area contributed by atoms with E-state index >= 15 is 0 Å². The summed E-state index contributed by atoms with van der Waals surface area (Å²) in [4.78, 5) is 12.1. The van der Waals surface area contributed by atoms with E-state index in [0.29, 0.717) is 24.6 Å². The van der Waals surface area contributed by atoms with E-state index < -0.39 is 0 Å². The molecule has 0 aliphatic heterocycles. The molecular formula is C22H23FN2O3. The van der Waals surface area contributed by atoms with Gasteiger partial charge >= 0.3 is 0 Å². The zero-order valence-electron chi connectivity index (χ0n) is 16.2. The third kappa shape index (κ3) is 4.34. The summed E-state index contributed by atoms with van der Waals surface area (Å²) in [5, 5.41) is 3.73. The fourth-order valence-electron chi connectivity index (χ4n) is 3.15. The van der Waals surface area contributed by atoms with Gasteiger partial charge in [0, 0.05) is 35.8 Å². The van der Waals surface area contributed by atoms with Crippen LogP contribution < -0.4 is 14.8 Å². The van der Waals surface area contributed by atoms with Gasteiger partial charge in [0.25, 0.3) is 0 Å². The Morgan fingerprint density at radius 3 is 2.64 bits per heavy atom. The predicted molar refractivity (Wildman–Crippen MR) is 108 cm³/mol. The smallest absolute Gasteiger partial charge is 0.244 e. The Morgan fingerprint density at radius 2 is 1.89 bits per heavy atom. The minimum Gasteiger partial charge on any atom is -0.493 e. The van der Waals surface area contributed by atoms with E-state index in [9.17, 15) is 9.18 Å². The molecule has 0 saturated carbocycles. The highest BCUT2D eigenvalue weighted by Gasteiger charge is 2.07. The van der Waals surface area contributed by atoms with Gasteiger partial charge in [-0.2, -0.15) is 0 Å². The van der Waals surface area contributed by atoms with Crippen LogP contribution in [-0.2, 0) is 11.3 Å². The average Bonchev–Trinajstić information content (AvgIpc) is 3.00. The SMILES string of the molecule is COc1ccc(C=CC(=O)NCCn2c(C)cc3cc(F)ccc32)cc1OC. The van der Waals surface area contributed by atoms with Crippen LogP contribution in [0, 0.1) is 12.7 Å². The van der Waals surface area contributed by atoms with Crippen molar-refractivity contribution in [3.05, 3.63) is 65.6 Å². The Morgan fingerprint density at radius 1 is 1.11 bits per heavy atom. The molecule has 0 atom stereocenters. The van der Waals surface area contributed by atoms with E-state index in [1.54, 1.807) is 38.5 Å². The number of carbonyl (C=O) groups excluding carboxylic acids is 1. The Labute approximate surface area is 163 Å². The highest BCUT2D eigenvalue weighted by atomic mass is 19.1. The van der Waals surface area contributed by atoms with Crippen molar-refractivity contribution in [2.75, 3.05) is 20.8 Å². The van der Waals surface area contributed by atoms with Crippen LogP contribution in [0.5, 0.6) is 11.5 Å². The second kappa shape index (κ2) is 8.61. The zero-order chi connectivity index (χ0) is 20.1. The second-order valence-electron chi connectivity index (χ2n) is 6.38. The van der Waals surface area contributed by atoms with Gasteiger partial charge in [-0.3, -0.25) is 4.79 Å². The maximum Gasteiger partial charge on any atom is 0.244 e. The minimum absolute atomic E-state index is 0.185. The molecule has 1 amide bonds. The number of hydrogen-bond donors (Lipinski definition) is 1. The first-order chi connectivity index (χ1) is 13.5. The molecule has 5 nitrogen and oxygen atoms in total. The molecule has 1 heterocycles. The van der Waals surface area contributed by atoms with Gasteiger partial charge in [0.1, 0.15) is 5.82 Å². The summed E-state index contributed by atoms with van der Waals surface area (Å²) in [6.07, 6.45) is 3.20. The van der Waals surface area contributed by atoms with E-state index in [1.165, 1.54) is 18.2 Å². The number of nitrogens with zero attached hydrogens (tertiary/aromatic N) is 1. The van der Waals surface area contributed by atoms with Gasteiger partial charge in [0.15, 0.2) is 11.5 Å². The van der Waals surface area contributed by atoms with Crippen LogP contribution >= 0.6 is 0 Å². The molecule has 3 rings (SSSR count). The summed E-state index contributed by atoms with van der Waals surface area (Å²) in [7, 11) is 3.15. The molecule has 2 aromatic carbocycles. The molecule has 0 aliphatic carbocycles. The number of aromatic nitrogens is 1. The molecule has 0 bridgehead atoms. The summed E-state index contributed by atoms with van der Waals surface area (Å²) in [6, 6.07) is 12.1. The lowest BCUT2D eigenvalue weighted by Gasteiger charge is -2.09. The number of nitrogens with one attached hydrogen (secondary N) is 1. The van der Waals surface area contributed by atoms with Crippen LogP contribution in [0.25, 0.3) is 17.0 Å². The van der Waals surface area contributed by atoms with Crippen molar-refractivity contribution in [3.63, 3.8) is 0 Å². The van der Waals surface area contributed by atoms with Gasteiger partial charge < -0.3 is 19.4 Å². The molecule has 0 fully saturated rings. The number of fused-ring (bicyclic) bond motifs is 1. The molecule has 0 spiro atoms. The van der Waals surface area contributed by atoms with Crippen LogP contribution in [0.15, 0.2) is 48.5 Å². The highest BCUT2D eigenvalue weighted by molar-refractivity contribution is 5.91. The lowest BCUT2D eigenvalue weighted by molar-refractivity contribution is -0.116. The second-order valence-corrected chi connectivity index (χ2v) is 6.38. The first kappa shape index (κ1) is 19.5. The van der Waals surface area contributed by atoms with Gasteiger partial charge in [0.2, 0.25) is 5.91 Å². The van der Waals surface area contributed by atoms with E-state index in [0.717, 1.165) is 22.2 Å². The Hall–Kier alpha value is -3.28. The van der Waals surface area contributed by atoms with Gasteiger partial charge in [-0.05, 0) is 55.0 Å². The maximum atomic E-state index is 13.4. The number of rotatable bonds is 7. The molecule has 0 radical (unpaired) electrons. The number of amides is 1. The van der Waals surface area contributed by atoms with Gasteiger partial charge in [-0.15, -0.1) is 0 Å². The third-order valence-electron chi connectivity index (χ3n) is 4.54. The molecule has 6 heteroatoms. The predicted octanol–water partition coefficient (Wildman–Crippen LogP) is 3.94. The average molecular weight is 382 g/mol. The normalized spacial score (nSPS) is 11.1. The topological polar surface area (TPSA) is 52.5 Å². The van der Waals surface area contributed by atoms with Crippen molar-refractivity contribution in [1.82, 2.24) is 9.88 Å². The third-order valence-corrected chi connectivity index (χ3v) is 4.54. The molecule has 1 aromatic heterocycles. The van der Waals surface area contributed by atoms with E-state index in [-0.39, 0.29) is 11.7 Å².